The maximum absolute atomic E-state index is 5.97. The summed E-state index contributed by atoms with van der Waals surface area (Å²) in [6, 6.07) is 0. The first-order valence-electron chi connectivity index (χ1n) is 5.33. The monoisotopic (exact) mass is 249 g/mol. The van der Waals surface area contributed by atoms with Gasteiger partial charge in [0.25, 0.3) is 0 Å². The summed E-state index contributed by atoms with van der Waals surface area (Å²) in [5, 5.41) is 4.02. The SMILES string of the molecule is CCc1sc2c(Cc3ncco3)noc2c1N. The Labute approximate surface area is 101 Å². The topological polar surface area (TPSA) is 78.1 Å². The second-order valence-corrected chi connectivity index (χ2v) is 4.79. The van der Waals surface area contributed by atoms with Crippen molar-refractivity contribution in [3.05, 3.63) is 28.9 Å². The zero-order chi connectivity index (χ0) is 11.8. The van der Waals surface area contributed by atoms with Gasteiger partial charge in [-0.3, -0.25) is 0 Å². The molecule has 0 atom stereocenters. The Morgan fingerprint density at radius 1 is 1.47 bits per heavy atom. The number of thiophene rings is 1. The number of nitrogens with two attached hydrogens (primary N) is 1. The second-order valence-electron chi connectivity index (χ2n) is 3.68. The Kier molecular flexibility index (Phi) is 2.36. The molecule has 0 fully saturated rings. The number of aryl methyl sites for hydroxylation is 1. The van der Waals surface area contributed by atoms with Crippen molar-refractivity contribution in [1.29, 1.82) is 0 Å². The van der Waals surface area contributed by atoms with Crippen molar-refractivity contribution in [1.82, 2.24) is 10.1 Å². The van der Waals surface area contributed by atoms with Crippen molar-refractivity contribution in [2.75, 3.05) is 5.73 Å². The third-order valence-electron chi connectivity index (χ3n) is 2.61. The van der Waals surface area contributed by atoms with Gasteiger partial charge in [0.05, 0.1) is 18.3 Å². The maximum atomic E-state index is 5.97. The first kappa shape index (κ1) is 10.3. The first-order valence-corrected chi connectivity index (χ1v) is 6.15. The molecule has 3 heterocycles. The second kappa shape index (κ2) is 3.89. The van der Waals surface area contributed by atoms with Gasteiger partial charge in [-0.25, -0.2) is 4.98 Å². The minimum Gasteiger partial charge on any atom is -0.449 e. The van der Waals surface area contributed by atoms with Gasteiger partial charge in [-0.15, -0.1) is 11.3 Å². The molecule has 0 bridgehead atoms. The average Bonchev–Trinajstić information content (AvgIpc) is 3.00. The van der Waals surface area contributed by atoms with Crippen LogP contribution in [-0.2, 0) is 12.8 Å². The quantitative estimate of drug-likeness (QED) is 0.772. The van der Waals surface area contributed by atoms with Gasteiger partial charge in [-0.05, 0) is 6.42 Å². The normalized spacial score (nSPS) is 11.4. The summed E-state index contributed by atoms with van der Waals surface area (Å²) in [6.07, 6.45) is 4.60. The van der Waals surface area contributed by atoms with E-state index in [2.05, 4.69) is 17.1 Å². The van der Waals surface area contributed by atoms with Crippen LogP contribution in [0.5, 0.6) is 0 Å². The van der Waals surface area contributed by atoms with E-state index in [9.17, 15) is 0 Å². The molecule has 0 saturated carbocycles. The van der Waals surface area contributed by atoms with Gasteiger partial charge in [0, 0.05) is 4.88 Å². The minimum atomic E-state index is 0.531. The number of hydrogen-bond acceptors (Lipinski definition) is 6. The van der Waals surface area contributed by atoms with E-state index in [1.807, 2.05) is 0 Å². The molecule has 0 aromatic carbocycles. The number of nitrogen functional groups attached to an aromatic ring is 1. The third-order valence-corrected chi connectivity index (χ3v) is 3.99. The number of nitrogens with zero attached hydrogens (tertiary/aromatic N) is 2. The molecule has 3 rings (SSSR count). The van der Waals surface area contributed by atoms with E-state index < -0.39 is 0 Å². The van der Waals surface area contributed by atoms with Gasteiger partial charge in [0.1, 0.15) is 16.7 Å². The average molecular weight is 249 g/mol. The molecule has 88 valence electrons. The smallest absolute Gasteiger partial charge is 0.201 e. The summed E-state index contributed by atoms with van der Waals surface area (Å²) in [5.41, 5.74) is 8.20. The van der Waals surface area contributed by atoms with Gasteiger partial charge in [-0.2, -0.15) is 0 Å². The van der Waals surface area contributed by atoms with E-state index in [-0.39, 0.29) is 0 Å². The predicted octanol–water partition coefficient (Wildman–Crippen LogP) is 2.61. The highest BCUT2D eigenvalue weighted by Gasteiger charge is 2.18. The first-order chi connectivity index (χ1) is 8.29. The number of aromatic nitrogens is 2. The highest BCUT2D eigenvalue weighted by molar-refractivity contribution is 7.19. The van der Waals surface area contributed by atoms with Gasteiger partial charge in [0.2, 0.25) is 5.58 Å². The lowest BCUT2D eigenvalue weighted by atomic mass is 10.2. The fourth-order valence-corrected chi connectivity index (χ4v) is 2.82. The predicted molar refractivity (Wildman–Crippen MR) is 65.0 cm³/mol. The van der Waals surface area contributed by atoms with Crippen molar-refractivity contribution < 1.29 is 8.94 Å². The third kappa shape index (κ3) is 1.61. The fraction of sp³-hybridized carbons (Fsp3) is 0.273. The van der Waals surface area contributed by atoms with Gasteiger partial charge in [0.15, 0.2) is 5.89 Å². The maximum Gasteiger partial charge on any atom is 0.201 e. The Morgan fingerprint density at radius 2 is 2.35 bits per heavy atom. The Morgan fingerprint density at radius 3 is 3.06 bits per heavy atom. The highest BCUT2D eigenvalue weighted by Crippen LogP contribution is 2.36. The summed E-state index contributed by atoms with van der Waals surface area (Å²) in [4.78, 5) is 5.21. The standard InChI is InChI=1S/C11H11N3O2S/c1-2-7-9(12)10-11(17-7)6(14-16-10)5-8-13-3-4-15-8/h3-4H,2,5,12H2,1H3. The molecule has 5 nitrogen and oxygen atoms in total. The van der Waals surface area contributed by atoms with Crippen LogP contribution in [0, 0.1) is 0 Å². The van der Waals surface area contributed by atoms with Crippen LogP contribution in [0.3, 0.4) is 0 Å². The zero-order valence-electron chi connectivity index (χ0n) is 9.27. The van der Waals surface area contributed by atoms with Crippen LogP contribution in [-0.4, -0.2) is 10.1 Å². The van der Waals surface area contributed by atoms with Crippen molar-refractivity contribution >= 4 is 27.3 Å². The molecule has 0 aliphatic heterocycles. The van der Waals surface area contributed by atoms with Crippen molar-refractivity contribution in [3.63, 3.8) is 0 Å². The molecule has 0 amide bonds. The summed E-state index contributed by atoms with van der Waals surface area (Å²) in [7, 11) is 0. The molecule has 0 aliphatic carbocycles. The molecular formula is C11H11N3O2S. The van der Waals surface area contributed by atoms with E-state index in [4.69, 9.17) is 14.7 Å². The van der Waals surface area contributed by atoms with Crippen LogP contribution in [0.15, 0.2) is 21.4 Å². The molecule has 6 heteroatoms. The van der Waals surface area contributed by atoms with Crippen LogP contribution < -0.4 is 5.73 Å². The number of hydrogen-bond donors (Lipinski definition) is 1. The Balaban J connectivity index is 2.05. The summed E-state index contributed by atoms with van der Waals surface area (Å²) in [5.74, 6) is 0.630. The molecule has 3 aromatic rings. The molecule has 0 spiro atoms. The molecule has 2 N–H and O–H groups in total. The van der Waals surface area contributed by atoms with Gasteiger partial charge < -0.3 is 14.7 Å². The molecule has 0 saturated heterocycles. The number of fused-ring (bicyclic) bond motifs is 1. The summed E-state index contributed by atoms with van der Waals surface area (Å²) < 4.78 is 11.5. The highest BCUT2D eigenvalue weighted by atomic mass is 32.1. The number of anilines is 1. The Bertz CT molecular complexity index is 639. The Hall–Kier alpha value is -1.82. The molecule has 17 heavy (non-hydrogen) atoms. The molecule has 3 aromatic heterocycles. The van der Waals surface area contributed by atoms with Crippen LogP contribution in [0.1, 0.15) is 23.4 Å². The molecule has 0 unspecified atom stereocenters. The summed E-state index contributed by atoms with van der Waals surface area (Å²) >= 11 is 1.63. The number of oxazole rings is 1. The van der Waals surface area contributed by atoms with Crippen molar-refractivity contribution in [2.45, 2.75) is 19.8 Å². The lowest BCUT2D eigenvalue weighted by molar-refractivity contribution is 0.441. The largest absolute Gasteiger partial charge is 0.449 e. The summed E-state index contributed by atoms with van der Waals surface area (Å²) in [6.45, 7) is 2.07. The fourth-order valence-electron chi connectivity index (χ4n) is 1.75. The van der Waals surface area contributed by atoms with E-state index >= 15 is 0 Å². The number of rotatable bonds is 3. The van der Waals surface area contributed by atoms with Crippen LogP contribution in [0.4, 0.5) is 5.69 Å². The minimum absolute atomic E-state index is 0.531. The van der Waals surface area contributed by atoms with E-state index in [1.165, 1.54) is 0 Å². The van der Waals surface area contributed by atoms with Gasteiger partial charge >= 0.3 is 0 Å². The molecular weight excluding hydrogens is 238 g/mol. The lowest BCUT2D eigenvalue weighted by Gasteiger charge is -1.90. The van der Waals surface area contributed by atoms with Crippen molar-refractivity contribution in [3.8, 4) is 0 Å². The van der Waals surface area contributed by atoms with E-state index in [0.29, 0.717) is 23.6 Å². The van der Waals surface area contributed by atoms with E-state index in [0.717, 1.165) is 21.7 Å². The van der Waals surface area contributed by atoms with Crippen LogP contribution in [0.2, 0.25) is 0 Å². The van der Waals surface area contributed by atoms with Crippen LogP contribution in [0.25, 0.3) is 10.3 Å². The molecule has 0 aliphatic rings. The van der Waals surface area contributed by atoms with Crippen LogP contribution >= 0.6 is 11.3 Å². The zero-order valence-corrected chi connectivity index (χ0v) is 10.1. The lowest BCUT2D eigenvalue weighted by Crippen LogP contribution is -1.87. The van der Waals surface area contributed by atoms with Crippen molar-refractivity contribution in [2.24, 2.45) is 0 Å². The van der Waals surface area contributed by atoms with E-state index in [1.54, 1.807) is 23.8 Å². The molecule has 0 radical (unpaired) electrons. The van der Waals surface area contributed by atoms with Gasteiger partial charge in [-0.1, -0.05) is 12.1 Å².